The third-order valence-corrected chi connectivity index (χ3v) is 5.01. The van der Waals surface area contributed by atoms with Crippen LogP contribution in [-0.2, 0) is 0 Å². The standard InChI is InChI=1S/C21H14Cl2N2O3/c1-11-6-7-12(8-14(11)20(26)27)28-21-24-18-9-15(17(23)10-19(18)25-21)13-4-2-3-5-16(13)22/h2-10H,1H3,(H,24,25)(H,26,27). The molecule has 0 fully saturated rings. The summed E-state index contributed by atoms with van der Waals surface area (Å²) in [4.78, 5) is 18.8. The molecule has 0 radical (unpaired) electrons. The van der Waals surface area contributed by atoms with E-state index in [1.807, 2.05) is 24.3 Å². The number of hydrogen-bond acceptors (Lipinski definition) is 3. The summed E-state index contributed by atoms with van der Waals surface area (Å²) < 4.78 is 5.72. The van der Waals surface area contributed by atoms with Crippen LogP contribution in [0.1, 0.15) is 15.9 Å². The second kappa shape index (κ2) is 7.19. The Labute approximate surface area is 170 Å². The van der Waals surface area contributed by atoms with Gasteiger partial charge in [0.25, 0.3) is 6.01 Å². The molecule has 0 unspecified atom stereocenters. The number of aromatic amines is 1. The molecule has 0 saturated carbocycles. The predicted molar refractivity (Wildman–Crippen MR) is 110 cm³/mol. The number of aryl methyl sites for hydroxylation is 1. The summed E-state index contributed by atoms with van der Waals surface area (Å²) in [5.74, 6) is -0.636. The lowest BCUT2D eigenvalue weighted by atomic mass is 10.1. The Morgan fingerprint density at radius 2 is 1.82 bits per heavy atom. The molecule has 0 aliphatic rings. The van der Waals surface area contributed by atoms with Crippen molar-refractivity contribution in [2.24, 2.45) is 0 Å². The minimum atomic E-state index is -1.01. The van der Waals surface area contributed by atoms with Crippen LogP contribution in [0.2, 0.25) is 10.0 Å². The monoisotopic (exact) mass is 412 g/mol. The maximum atomic E-state index is 11.3. The highest BCUT2D eigenvalue weighted by molar-refractivity contribution is 6.37. The van der Waals surface area contributed by atoms with Crippen molar-refractivity contribution in [1.82, 2.24) is 9.97 Å². The summed E-state index contributed by atoms with van der Waals surface area (Å²) in [6.45, 7) is 1.73. The number of fused-ring (bicyclic) bond motifs is 1. The molecule has 0 aliphatic carbocycles. The van der Waals surface area contributed by atoms with Gasteiger partial charge in [0.2, 0.25) is 0 Å². The van der Waals surface area contributed by atoms with Gasteiger partial charge < -0.3 is 14.8 Å². The first-order chi connectivity index (χ1) is 13.4. The van der Waals surface area contributed by atoms with Gasteiger partial charge in [-0.3, -0.25) is 0 Å². The third kappa shape index (κ3) is 3.42. The Morgan fingerprint density at radius 3 is 2.57 bits per heavy atom. The fourth-order valence-electron chi connectivity index (χ4n) is 2.95. The van der Waals surface area contributed by atoms with Crippen LogP contribution >= 0.6 is 23.2 Å². The molecule has 3 aromatic carbocycles. The predicted octanol–water partition coefficient (Wildman–Crippen LogP) is 6.34. The zero-order valence-corrected chi connectivity index (χ0v) is 16.2. The maximum absolute atomic E-state index is 11.3. The van der Waals surface area contributed by atoms with Crippen molar-refractivity contribution in [3.8, 4) is 22.9 Å². The molecule has 7 heteroatoms. The van der Waals surface area contributed by atoms with Crippen molar-refractivity contribution in [2.45, 2.75) is 6.92 Å². The van der Waals surface area contributed by atoms with E-state index >= 15 is 0 Å². The number of ether oxygens (including phenoxy) is 1. The summed E-state index contributed by atoms with van der Waals surface area (Å²) in [5.41, 5.74) is 3.76. The van der Waals surface area contributed by atoms with Gasteiger partial charge in [0.15, 0.2) is 0 Å². The fraction of sp³-hybridized carbons (Fsp3) is 0.0476. The van der Waals surface area contributed by atoms with Gasteiger partial charge in [-0.05, 0) is 42.8 Å². The van der Waals surface area contributed by atoms with E-state index in [2.05, 4.69) is 9.97 Å². The molecule has 140 valence electrons. The number of aromatic carboxylic acids is 1. The summed E-state index contributed by atoms with van der Waals surface area (Å²) in [5, 5.41) is 10.4. The number of H-pyrrole nitrogens is 1. The number of nitrogens with zero attached hydrogens (tertiary/aromatic N) is 1. The number of carboxylic acid groups (broad SMARTS) is 1. The van der Waals surface area contributed by atoms with E-state index in [4.69, 9.17) is 27.9 Å². The molecular weight excluding hydrogens is 399 g/mol. The SMILES string of the molecule is Cc1ccc(Oc2nc3cc(-c4ccccc4Cl)c(Cl)cc3[nH]2)cc1C(=O)O. The van der Waals surface area contributed by atoms with Crippen LogP contribution in [0, 0.1) is 6.92 Å². The average molecular weight is 413 g/mol. The third-order valence-electron chi connectivity index (χ3n) is 4.37. The molecule has 1 heterocycles. The number of nitrogens with one attached hydrogen (secondary N) is 1. The lowest BCUT2D eigenvalue weighted by Gasteiger charge is -2.06. The van der Waals surface area contributed by atoms with Gasteiger partial charge in [-0.2, -0.15) is 4.98 Å². The van der Waals surface area contributed by atoms with Crippen LogP contribution in [-0.4, -0.2) is 21.0 Å². The Kier molecular flexibility index (Phi) is 4.71. The molecule has 0 spiro atoms. The molecule has 28 heavy (non-hydrogen) atoms. The fourth-order valence-corrected chi connectivity index (χ4v) is 3.45. The average Bonchev–Trinajstić information content (AvgIpc) is 3.04. The number of benzene rings is 3. The lowest BCUT2D eigenvalue weighted by Crippen LogP contribution is -2.00. The van der Waals surface area contributed by atoms with E-state index in [1.54, 1.807) is 31.2 Å². The number of carbonyl (C=O) groups is 1. The Morgan fingerprint density at radius 1 is 1.04 bits per heavy atom. The second-order valence-corrected chi connectivity index (χ2v) is 7.07. The largest absolute Gasteiger partial charge is 0.478 e. The van der Waals surface area contributed by atoms with Gasteiger partial charge in [-0.25, -0.2) is 4.79 Å². The quantitative estimate of drug-likeness (QED) is 0.410. The van der Waals surface area contributed by atoms with Gasteiger partial charge in [-0.15, -0.1) is 0 Å². The summed E-state index contributed by atoms with van der Waals surface area (Å²) in [6.07, 6.45) is 0. The van der Waals surface area contributed by atoms with Gasteiger partial charge in [0, 0.05) is 16.1 Å². The molecule has 0 bridgehead atoms. The molecule has 4 rings (SSSR count). The van der Waals surface area contributed by atoms with Crippen LogP contribution in [0.5, 0.6) is 11.8 Å². The van der Waals surface area contributed by atoms with Crippen molar-refractivity contribution >= 4 is 40.2 Å². The highest BCUT2D eigenvalue weighted by Gasteiger charge is 2.14. The molecule has 0 amide bonds. The van der Waals surface area contributed by atoms with E-state index < -0.39 is 5.97 Å². The number of hydrogen-bond donors (Lipinski definition) is 2. The van der Waals surface area contributed by atoms with Crippen molar-refractivity contribution in [1.29, 1.82) is 0 Å². The van der Waals surface area contributed by atoms with Crippen molar-refractivity contribution in [3.05, 3.63) is 75.8 Å². The molecular formula is C21H14Cl2N2O3. The van der Waals surface area contributed by atoms with Crippen molar-refractivity contribution in [2.75, 3.05) is 0 Å². The van der Waals surface area contributed by atoms with Gasteiger partial charge in [0.1, 0.15) is 5.75 Å². The van der Waals surface area contributed by atoms with Crippen LogP contribution in [0.4, 0.5) is 0 Å². The van der Waals surface area contributed by atoms with E-state index in [9.17, 15) is 9.90 Å². The first kappa shape index (κ1) is 18.3. The molecule has 1 aromatic heterocycles. The van der Waals surface area contributed by atoms with Crippen LogP contribution in [0.25, 0.3) is 22.2 Å². The number of rotatable bonds is 4. The van der Waals surface area contributed by atoms with Gasteiger partial charge in [-0.1, -0.05) is 47.5 Å². The molecule has 0 atom stereocenters. The number of halogens is 2. The Bertz CT molecular complexity index is 1220. The Hall–Kier alpha value is -3.02. The normalized spacial score (nSPS) is 11.0. The highest BCUT2D eigenvalue weighted by atomic mass is 35.5. The van der Waals surface area contributed by atoms with Crippen molar-refractivity contribution in [3.63, 3.8) is 0 Å². The van der Waals surface area contributed by atoms with E-state index in [1.165, 1.54) is 6.07 Å². The van der Waals surface area contributed by atoms with Crippen molar-refractivity contribution < 1.29 is 14.6 Å². The lowest BCUT2D eigenvalue weighted by molar-refractivity contribution is 0.0695. The van der Waals surface area contributed by atoms with E-state index in [-0.39, 0.29) is 11.6 Å². The maximum Gasteiger partial charge on any atom is 0.336 e. The zero-order valence-electron chi connectivity index (χ0n) is 14.7. The van der Waals surface area contributed by atoms with Gasteiger partial charge >= 0.3 is 5.97 Å². The first-order valence-electron chi connectivity index (χ1n) is 8.38. The highest BCUT2D eigenvalue weighted by Crippen LogP contribution is 2.36. The van der Waals surface area contributed by atoms with E-state index in [0.717, 1.165) is 11.1 Å². The molecule has 0 aliphatic heterocycles. The van der Waals surface area contributed by atoms with Crippen LogP contribution in [0.3, 0.4) is 0 Å². The summed E-state index contributed by atoms with van der Waals surface area (Å²) >= 11 is 12.7. The topological polar surface area (TPSA) is 75.2 Å². The van der Waals surface area contributed by atoms with Crippen LogP contribution in [0.15, 0.2) is 54.6 Å². The molecule has 0 saturated heterocycles. The van der Waals surface area contributed by atoms with Gasteiger partial charge in [0.05, 0.1) is 21.6 Å². The number of carboxylic acids is 1. The second-order valence-electron chi connectivity index (χ2n) is 6.25. The molecule has 4 aromatic rings. The Balaban J connectivity index is 1.72. The summed E-state index contributed by atoms with van der Waals surface area (Å²) in [7, 11) is 0. The first-order valence-corrected chi connectivity index (χ1v) is 9.14. The smallest absolute Gasteiger partial charge is 0.336 e. The summed E-state index contributed by atoms with van der Waals surface area (Å²) in [6, 6.07) is 16.1. The number of imidazole rings is 1. The zero-order chi connectivity index (χ0) is 19.8. The minimum absolute atomic E-state index is 0.178. The molecule has 2 N–H and O–H groups in total. The molecule has 5 nitrogen and oxygen atoms in total. The van der Waals surface area contributed by atoms with Crippen LogP contribution < -0.4 is 4.74 Å². The minimum Gasteiger partial charge on any atom is -0.478 e. The number of aromatic nitrogens is 2. The van der Waals surface area contributed by atoms with E-state index in [0.29, 0.717) is 32.4 Å².